The average molecular weight is 516 g/mol. The van der Waals surface area contributed by atoms with Crippen molar-refractivity contribution in [1.82, 2.24) is 4.90 Å². The zero-order chi connectivity index (χ0) is 26.6. The fourth-order valence-electron chi connectivity index (χ4n) is 6.75. The van der Waals surface area contributed by atoms with Crippen LogP contribution in [0.4, 0.5) is 0 Å². The Morgan fingerprint density at radius 1 is 1.16 bits per heavy atom. The zero-order valence-electron chi connectivity index (χ0n) is 21.8. The van der Waals surface area contributed by atoms with Gasteiger partial charge in [0.2, 0.25) is 6.79 Å². The summed E-state index contributed by atoms with van der Waals surface area (Å²) in [5.74, 6) is -1.04. The van der Waals surface area contributed by atoms with E-state index in [1.54, 1.807) is 13.8 Å². The van der Waals surface area contributed by atoms with E-state index < -0.39 is 35.7 Å². The molecule has 3 N–H and O–H groups in total. The van der Waals surface area contributed by atoms with Crippen molar-refractivity contribution in [1.29, 1.82) is 0 Å². The maximum atomic E-state index is 13.5. The minimum absolute atomic E-state index is 0.116. The molecule has 9 heteroatoms. The first kappa shape index (κ1) is 26.0. The van der Waals surface area contributed by atoms with Crippen LogP contribution >= 0.6 is 0 Å². The monoisotopic (exact) mass is 515 g/mol. The molecule has 5 rings (SSSR count). The van der Waals surface area contributed by atoms with Crippen molar-refractivity contribution in [3.05, 3.63) is 34.9 Å². The van der Waals surface area contributed by atoms with Crippen molar-refractivity contribution >= 4 is 11.9 Å². The fourth-order valence-corrected chi connectivity index (χ4v) is 6.75. The van der Waals surface area contributed by atoms with Gasteiger partial charge in [0.15, 0.2) is 17.1 Å². The summed E-state index contributed by atoms with van der Waals surface area (Å²) in [5, 5.41) is 30.8. The molecule has 0 amide bonds. The van der Waals surface area contributed by atoms with Crippen LogP contribution in [0.3, 0.4) is 0 Å². The molecule has 202 valence electrons. The average Bonchev–Trinajstić information content (AvgIpc) is 3.46. The smallest absolute Gasteiger partial charge is 0.339 e. The lowest BCUT2D eigenvalue weighted by atomic mass is 9.77. The van der Waals surface area contributed by atoms with Crippen LogP contribution in [0.1, 0.15) is 76.3 Å². The summed E-state index contributed by atoms with van der Waals surface area (Å²) in [4.78, 5) is 27.6. The molecule has 1 saturated heterocycles. The lowest BCUT2D eigenvalue weighted by Gasteiger charge is -2.40. The maximum Gasteiger partial charge on any atom is 0.339 e. The third kappa shape index (κ3) is 4.73. The highest BCUT2D eigenvalue weighted by Gasteiger charge is 2.57. The molecule has 1 fully saturated rings. The molecule has 0 saturated carbocycles. The number of nitrogens with zero attached hydrogens (tertiary/aromatic N) is 1. The second kappa shape index (κ2) is 9.29. The predicted octanol–water partition coefficient (Wildman–Crippen LogP) is 2.91. The Morgan fingerprint density at radius 3 is 2.59 bits per heavy atom. The van der Waals surface area contributed by atoms with Gasteiger partial charge >= 0.3 is 11.9 Å². The second-order valence-electron chi connectivity index (χ2n) is 11.7. The number of hydrogen-bond acceptors (Lipinski definition) is 8. The summed E-state index contributed by atoms with van der Waals surface area (Å²) < 4.78 is 17.4. The number of fused-ring (bicyclic) bond motifs is 3. The summed E-state index contributed by atoms with van der Waals surface area (Å²) in [7, 11) is 0. The van der Waals surface area contributed by atoms with Crippen LogP contribution in [-0.2, 0) is 20.7 Å². The Bertz CT molecular complexity index is 1120. The number of esters is 1. The predicted molar refractivity (Wildman–Crippen MR) is 134 cm³/mol. The van der Waals surface area contributed by atoms with Gasteiger partial charge in [0.25, 0.3) is 0 Å². The van der Waals surface area contributed by atoms with Gasteiger partial charge in [-0.2, -0.15) is 0 Å². The van der Waals surface area contributed by atoms with E-state index in [9.17, 15) is 24.9 Å². The number of carboxylic acid groups (broad SMARTS) is 1. The number of carboxylic acids is 1. The number of benzene rings is 1. The van der Waals surface area contributed by atoms with Crippen LogP contribution in [0.5, 0.6) is 11.5 Å². The Hall–Kier alpha value is -2.62. The summed E-state index contributed by atoms with van der Waals surface area (Å²) in [6, 6.07) is 4.03. The summed E-state index contributed by atoms with van der Waals surface area (Å²) in [6.07, 6.45) is 4.05. The lowest BCUT2D eigenvalue weighted by molar-refractivity contribution is -0.176. The Morgan fingerprint density at radius 2 is 1.89 bits per heavy atom. The highest BCUT2D eigenvalue weighted by atomic mass is 16.7. The van der Waals surface area contributed by atoms with E-state index >= 15 is 0 Å². The third-order valence-electron chi connectivity index (χ3n) is 8.42. The van der Waals surface area contributed by atoms with Gasteiger partial charge in [0, 0.05) is 12.5 Å². The van der Waals surface area contributed by atoms with Gasteiger partial charge in [-0.1, -0.05) is 6.08 Å². The Balaban J connectivity index is 1.48. The fraction of sp³-hybridized carbons (Fsp3) is 0.643. The number of aliphatic carboxylic acids is 1. The van der Waals surface area contributed by atoms with E-state index in [0.717, 1.165) is 49.1 Å². The van der Waals surface area contributed by atoms with Crippen LogP contribution in [0, 0.1) is 0 Å². The SMILES string of the molecule is CC1=CC23CCCN2CCc2cc4c(cc2[C@@H]3C1OC(=O)[C@@](O)(CCCC(C)(C)O)CC(=O)O)OCO4. The van der Waals surface area contributed by atoms with Crippen LogP contribution in [0.25, 0.3) is 0 Å². The molecule has 3 aliphatic heterocycles. The number of carbonyl (C=O) groups excluding carboxylic acids is 1. The lowest BCUT2D eigenvalue weighted by Crippen LogP contribution is -2.49. The number of aliphatic hydroxyl groups is 2. The highest BCUT2D eigenvalue weighted by molar-refractivity contribution is 5.85. The van der Waals surface area contributed by atoms with E-state index in [1.807, 2.05) is 19.1 Å². The summed E-state index contributed by atoms with van der Waals surface area (Å²) in [5.41, 5.74) is -0.441. The standard InChI is InChI=1S/C28H37NO8/c1-17-14-27-8-5-10-29(27)11-6-18-12-20-21(36-16-35-20)13-19(18)23(27)24(17)37-25(32)28(34,15-22(30)31)9-4-7-26(2,3)33/h12-14,23-24,33-34H,4-11,15-16H2,1-3H3,(H,30,31)/t23-,24?,27?,28-/m1/s1. The van der Waals surface area contributed by atoms with Gasteiger partial charge in [-0.05, 0) is 94.7 Å². The van der Waals surface area contributed by atoms with Crippen LogP contribution in [-0.4, -0.2) is 74.9 Å². The van der Waals surface area contributed by atoms with Gasteiger partial charge in [-0.25, -0.2) is 4.79 Å². The molecule has 4 atom stereocenters. The number of rotatable bonds is 8. The normalized spacial score (nSPS) is 28.0. The molecule has 37 heavy (non-hydrogen) atoms. The molecule has 1 spiro atoms. The first-order chi connectivity index (χ1) is 17.4. The second-order valence-corrected chi connectivity index (χ2v) is 11.7. The van der Waals surface area contributed by atoms with Crippen molar-refractivity contribution in [2.45, 2.75) is 94.5 Å². The molecule has 1 aliphatic carbocycles. The third-order valence-corrected chi connectivity index (χ3v) is 8.42. The van der Waals surface area contributed by atoms with Crippen molar-refractivity contribution < 1.29 is 39.1 Å². The molecular formula is C28H37NO8. The Labute approximate surface area is 217 Å². The quantitative estimate of drug-likeness (QED) is 0.354. The van der Waals surface area contributed by atoms with Crippen molar-refractivity contribution in [2.75, 3.05) is 19.9 Å². The first-order valence-electron chi connectivity index (χ1n) is 13.2. The minimum atomic E-state index is -2.19. The molecule has 2 unspecified atom stereocenters. The van der Waals surface area contributed by atoms with E-state index in [2.05, 4.69) is 11.0 Å². The van der Waals surface area contributed by atoms with Crippen molar-refractivity contribution in [3.8, 4) is 11.5 Å². The molecule has 3 heterocycles. The van der Waals surface area contributed by atoms with E-state index in [0.29, 0.717) is 17.9 Å². The molecule has 0 radical (unpaired) electrons. The number of hydrogen-bond donors (Lipinski definition) is 3. The highest BCUT2D eigenvalue weighted by Crippen LogP contribution is 2.55. The largest absolute Gasteiger partial charge is 0.481 e. The number of carbonyl (C=O) groups is 2. The van der Waals surface area contributed by atoms with Gasteiger partial charge in [0.1, 0.15) is 6.10 Å². The molecule has 0 aromatic heterocycles. The molecule has 4 aliphatic rings. The number of ether oxygens (including phenoxy) is 3. The Kier molecular flexibility index (Phi) is 6.53. The van der Waals surface area contributed by atoms with E-state index in [4.69, 9.17) is 14.2 Å². The summed E-state index contributed by atoms with van der Waals surface area (Å²) in [6.45, 7) is 7.19. The molecule has 0 bridgehead atoms. The molecule has 9 nitrogen and oxygen atoms in total. The van der Waals surface area contributed by atoms with Crippen LogP contribution < -0.4 is 9.47 Å². The molecular weight excluding hydrogens is 478 g/mol. The summed E-state index contributed by atoms with van der Waals surface area (Å²) >= 11 is 0. The first-order valence-corrected chi connectivity index (χ1v) is 13.2. The van der Waals surface area contributed by atoms with Crippen LogP contribution in [0.15, 0.2) is 23.8 Å². The minimum Gasteiger partial charge on any atom is -0.481 e. The maximum absolute atomic E-state index is 13.5. The van der Waals surface area contributed by atoms with Crippen molar-refractivity contribution in [3.63, 3.8) is 0 Å². The van der Waals surface area contributed by atoms with Gasteiger partial charge in [-0.3, -0.25) is 9.69 Å². The van der Waals surface area contributed by atoms with Crippen molar-refractivity contribution in [2.24, 2.45) is 0 Å². The van der Waals surface area contributed by atoms with Gasteiger partial charge < -0.3 is 29.5 Å². The zero-order valence-corrected chi connectivity index (χ0v) is 21.8. The molecule has 1 aromatic carbocycles. The van der Waals surface area contributed by atoms with Crippen LogP contribution in [0.2, 0.25) is 0 Å². The van der Waals surface area contributed by atoms with E-state index in [1.165, 1.54) is 0 Å². The van der Waals surface area contributed by atoms with Gasteiger partial charge in [0.05, 0.1) is 17.6 Å². The van der Waals surface area contributed by atoms with Gasteiger partial charge in [-0.15, -0.1) is 0 Å². The van der Waals surface area contributed by atoms with E-state index in [-0.39, 0.29) is 31.1 Å². The molecule has 1 aromatic rings. The topological polar surface area (TPSA) is 126 Å².